The van der Waals surface area contributed by atoms with E-state index in [1.165, 1.54) is 38.5 Å². The largest absolute Gasteiger partial charge is 0.409 e. The number of nitrogens with zero attached hydrogens (tertiary/aromatic N) is 2. The van der Waals surface area contributed by atoms with Gasteiger partial charge in [0.2, 0.25) is 0 Å². The molecule has 104 valence electrons. The molecule has 2 aliphatic rings. The first-order valence-corrected chi connectivity index (χ1v) is 7.21. The predicted octanol–water partition coefficient (Wildman–Crippen LogP) is 2.41. The smallest absolute Gasteiger partial charge is 0.139 e. The quantitative estimate of drug-likeness (QED) is 0.342. The molecule has 0 saturated heterocycles. The zero-order valence-corrected chi connectivity index (χ0v) is 11.7. The Balaban J connectivity index is 1.85. The molecule has 2 unspecified atom stereocenters. The van der Waals surface area contributed by atoms with Crippen molar-refractivity contribution in [2.45, 2.75) is 57.9 Å². The standard InChI is InChI=1S/C14H27N3O/c1-11-4-3-5-12(8-11)17(2)10-14(6-7-14)9-13(15)16-18/h11-12,18H,3-10H2,1-2H3,(H2,15,16). The van der Waals surface area contributed by atoms with Crippen molar-refractivity contribution in [3.8, 4) is 0 Å². The van der Waals surface area contributed by atoms with Crippen molar-refractivity contribution in [3.05, 3.63) is 0 Å². The molecule has 2 saturated carbocycles. The van der Waals surface area contributed by atoms with Gasteiger partial charge in [0.15, 0.2) is 0 Å². The van der Waals surface area contributed by atoms with Crippen LogP contribution in [0.4, 0.5) is 0 Å². The minimum absolute atomic E-state index is 0.297. The maximum Gasteiger partial charge on any atom is 0.139 e. The third-order valence-corrected chi connectivity index (χ3v) is 4.76. The summed E-state index contributed by atoms with van der Waals surface area (Å²) < 4.78 is 0. The average molecular weight is 253 g/mol. The lowest BCUT2D eigenvalue weighted by molar-refractivity contribution is 0.139. The van der Waals surface area contributed by atoms with Gasteiger partial charge < -0.3 is 15.8 Å². The molecule has 0 amide bonds. The van der Waals surface area contributed by atoms with Gasteiger partial charge in [-0.2, -0.15) is 0 Å². The Morgan fingerprint density at radius 2 is 2.17 bits per heavy atom. The van der Waals surface area contributed by atoms with Crippen LogP contribution in [0, 0.1) is 11.3 Å². The minimum atomic E-state index is 0.297. The van der Waals surface area contributed by atoms with Gasteiger partial charge >= 0.3 is 0 Å². The molecule has 18 heavy (non-hydrogen) atoms. The first-order chi connectivity index (χ1) is 8.54. The molecule has 4 nitrogen and oxygen atoms in total. The number of oxime groups is 1. The first kappa shape index (κ1) is 13.7. The topological polar surface area (TPSA) is 61.8 Å². The molecule has 0 radical (unpaired) electrons. The molecular formula is C14H27N3O. The summed E-state index contributed by atoms with van der Waals surface area (Å²) in [5, 5.41) is 11.8. The van der Waals surface area contributed by atoms with E-state index in [4.69, 9.17) is 10.9 Å². The fourth-order valence-corrected chi connectivity index (χ4v) is 3.45. The highest BCUT2D eigenvalue weighted by Gasteiger charge is 2.45. The van der Waals surface area contributed by atoms with Crippen LogP contribution in [0.1, 0.15) is 51.9 Å². The molecule has 4 heteroatoms. The fraction of sp³-hybridized carbons (Fsp3) is 0.929. The van der Waals surface area contributed by atoms with E-state index in [1.54, 1.807) is 0 Å². The third-order valence-electron chi connectivity index (χ3n) is 4.76. The van der Waals surface area contributed by atoms with E-state index >= 15 is 0 Å². The van der Waals surface area contributed by atoms with Crippen LogP contribution in [0.3, 0.4) is 0 Å². The van der Waals surface area contributed by atoms with Crippen LogP contribution >= 0.6 is 0 Å². The van der Waals surface area contributed by atoms with E-state index in [9.17, 15) is 0 Å². The van der Waals surface area contributed by atoms with Crippen molar-refractivity contribution in [1.29, 1.82) is 0 Å². The Labute approximate surface area is 110 Å². The highest BCUT2D eigenvalue weighted by molar-refractivity contribution is 5.80. The molecule has 2 atom stereocenters. The molecular weight excluding hydrogens is 226 g/mol. The van der Waals surface area contributed by atoms with E-state index in [2.05, 4.69) is 24.0 Å². The summed E-state index contributed by atoms with van der Waals surface area (Å²) in [4.78, 5) is 2.52. The van der Waals surface area contributed by atoms with Crippen molar-refractivity contribution < 1.29 is 5.21 Å². The second-order valence-electron chi connectivity index (χ2n) is 6.61. The van der Waals surface area contributed by atoms with Gasteiger partial charge in [0.05, 0.1) is 0 Å². The van der Waals surface area contributed by atoms with Gasteiger partial charge in [0, 0.05) is 19.0 Å². The highest BCUT2D eigenvalue weighted by atomic mass is 16.4. The van der Waals surface area contributed by atoms with E-state index in [0.717, 1.165) is 24.9 Å². The molecule has 2 rings (SSSR count). The Kier molecular flexibility index (Phi) is 4.15. The lowest BCUT2D eigenvalue weighted by Crippen LogP contribution is -2.40. The van der Waals surface area contributed by atoms with Crippen molar-refractivity contribution in [1.82, 2.24) is 4.90 Å². The van der Waals surface area contributed by atoms with Gasteiger partial charge in [-0.05, 0) is 44.1 Å². The summed E-state index contributed by atoms with van der Waals surface area (Å²) in [7, 11) is 2.25. The molecule has 0 aromatic carbocycles. The Morgan fingerprint density at radius 1 is 1.44 bits per heavy atom. The molecule has 3 N–H and O–H groups in total. The van der Waals surface area contributed by atoms with Crippen LogP contribution in [-0.2, 0) is 0 Å². The van der Waals surface area contributed by atoms with Crippen molar-refractivity contribution in [2.75, 3.05) is 13.6 Å². The highest BCUT2D eigenvalue weighted by Crippen LogP contribution is 2.49. The van der Waals surface area contributed by atoms with Crippen LogP contribution in [0.2, 0.25) is 0 Å². The number of amidine groups is 1. The predicted molar refractivity (Wildman–Crippen MR) is 73.7 cm³/mol. The molecule has 2 aliphatic carbocycles. The van der Waals surface area contributed by atoms with Crippen molar-refractivity contribution in [2.24, 2.45) is 22.2 Å². The van der Waals surface area contributed by atoms with E-state index in [0.29, 0.717) is 11.3 Å². The zero-order valence-electron chi connectivity index (χ0n) is 11.7. The molecule has 0 spiro atoms. The maximum atomic E-state index is 8.69. The van der Waals surface area contributed by atoms with E-state index in [1.807, 2.05) is 0 Å². The van der Waals surface area contributed by atoms with Crippen molar-refractivity contribution in [3.63, 3.8) is 0 Å². The van der Waals surface area contributed by atoms with Crippen molar-refractivity contribution >= 4 is 5.84 Å². The number of rotatable bonds is 5. The summed E-state index contributed by atoms with van der Waals surface area (Å²) in [5.74, 6) is 1.25. The minimum Gasteiger partial charge on any atom is -0.409 e. The van der Waals surface area contributed by atoms with E-state index < -0.39 is 0 Å². The van der Waals surface area contributed by atoms with E-state index in [-0.39, 0.29) is 0 Å². The fourth-order valence-electron chi connectivity index (χ4n) is 3.45. The zero-order chi connectivity index (χ0) is 13.2. The van der Waals surface area contributed by atoms with Gasteiger partial charge in [-0.3, -0.25) is 0 Å². The molecule has 2 fully saturated rings. The SMILES string of the molecule is CC1CCCC(N(C)CC2(CC(N)=NO)CC2)C1. The summed E-state index contributed by atoms with van der Waals surface area (Å²) in [5.41, 5.74) is 5.95. The number of nitrogens with two attached hydrogens (primary N) is 1. The lowest BCUT2D eigenvalue weighted by Gasteiger charge is -2.36. The molecule has 0 aromatic rings. The second-order valence-corrected chi connectivity index (χ2v) is 6.61. The van der Waals surface area contributed by atoms with Crippen LogP contribution in [0.15, 0.2) is 5.16 Å². The van der Waals surface area contributed by atoms with Crippen LogP contribution in [0.5, 0.6) is 0 Å². The van der Waals surface area contributed by atoms with Gasteiger partial charge in [-0.1, -0.05) is 24.9 Å². The van der Waals surface area contributed by atoms with Crippen LogP contribution in [-0.4, -0.2) is 35.6 Å². The first-order valence-electron chi connectivity index (χ1n) is 7.21. The second kappa shape index (κ2) is 5.47. The molecule has 0 aliphatic heterocycles. The Morgan fingerprint density at radius 3 is 2.72 bits per heavy atom. The summed E-state index contributed by atoms with van der Waals surface area (Å²) >= 11 is 0. The molecule has 0 heterocycles. The third kappa shape index (κ3) is 3.37. The van der Waals surface area contributed by atoms with Gasteiger partial charge in [-0.25, -0.2) is 0 Å². The molecule has 0 aromatic heterocycles. The summed E-state index contributed by atoms with van der Waals surface area (Å²) in [6, 6.07) is 0.735. The van der Waals surface area contributed by atoms with Crippen LogP contribution < -0.4 is 5.73 Å². The monoisotopic (exact) mass is 253 g/mol. The maximum absolute atomic E-state index is 8.69. The van der Waals surface area contributed by atoms with Gasteiger partial charge in [0.25, 0.3) is 0 Å². The van der Waals surface area contributed by atoms with Crippen LogP contribution in [0.25, 0.3) is 0 Å². The Bertz CT molecular complexity index is 312. The average Bonchev–Trinajstić information content (AvgIpc) is 3.08. The normalized spacial score (nSPS) is 31.6. The lowest BCUT2D eigenvalue weighted by atomic mass is 9.86. The Hall–Kier alpha value is -0.770. The van der Waals surface area contributed by atoms with Gasteiger partial charge in [0.1, 0.15) is 5.84 Å². The molecule has 0 bridgehead atoms. The summed E-state index contributed by atoms with van der Waals surface area (Å²) in [6.45, 7) is 3.46. The number of hydrogen-bond acceptors (Lipinski definition) is 3. The summed E-state index contributed by atoms with van der Waals surface area (Å²) in [6.07, 6.45) is 8.60. The number of hydrogen-bond donors (Lipinski definition) is 2. The van der Waals surface area contributed by atoms with Gasteiger partial charge in [-0.15, -0.1) is 0 Å².